The van der Waals surface area contributed by atoms with Crippen LogP contribution in [0.3, 0.4) is 0 Å². The summed E-state index contributed by atoms with van der Waals surface area (Å²) < 4.78 is 0. The Morgan fingerprint density at radius 2 is 2.22 bits per heavy atom. The molecule has 1 N–H and O–H groups in total. The van der Waals surface area contributed by atoms with Crippen molar-refractivity contribution in [3.8, 4) is 0 Å². The third kappa shape index (κ3) is 2.41. The second-order valence-electron chi connectivity index (χ2n) is 4.81. The molecule has 0 spiro atoms. The summed E-state index contributed by atoms with van der Waals surface area (Å²) in [6.45, 7) is 4.64. The molecule has 1 amide bonds. The van der Waals surface area contributed by atoms with Gasteiger partial charge in [0.25, 0.3) is 0 Å². The number of aliphatic hydroxyl groups is 1. The van der Waals surface area contributed by atoms with Crippen molar-refractivity contribution in [3.05, 3.63) is 29.3 Å². The van der Waals surface area contributed by atoms with Gasteiger partial charge in [0.15, 0.2) is 0 Å². The van der Waals surface area contributed by atoms with Crippen LogP contribution in [0.2, 0.25) is 0 Å². The summed E-state index contributed by atoms with van der Waals surface area (Å²) in [5.74, 6) is 0.166. The number of rotatable bonds is 3. The lowest BCUT2D eigenvalue weighted by atomic mass is 9.97. The zero-order valence-electron chi connectivity index (χ0n) is 11.1. The van der Waals surface area contributed by atoms with E-state index >= 15 is 0 Å². The molecule has 1 unspecified atom stereocenters. The highest BCUT2D eigenvalue weighted by Crippen LogP contribution is 2.31. The van der Waals surface area contributed by atoms with E-state index < -0.39 is 6.10 Å². The van der Waals surface area contributed by atoms with Crippen molar-refractivity contribution >= 4 is 11.6 Å². The average molecular weight is 247 g/mol. The predicted molar refractivity (Wildman–Crippen MR) is 72.7 cm³/mol. The summed E-state index contributed by atoms with van der Waals surface area (Å²) in [5, 5.41) is 9.91. The minimum Gasteiger partial charge on any atom is -0.388 e. The molecule has 1 aromatic rings. The Labute approximate surface area is 108 Å². The van der Waals surface area contributed by atoms with Crippen LogP contribution in [0.5, 0.6) is 0 Å². The van der Waals surface area contributed by atoms with Crippen molar-refractivity contribution in [3.63, 3.8) is 0 Å². The van der Waals surface area contributed by atoms with Gasteiger partial charge in [-0.15, -0.1) is 0 Å². The number of carbonyl (C=O) groups is 1. The summed E-state index contributed by atoms with van der Waals surface area (Å²) in [6, 6.07) is 6.02. The highest BCUT2D eigenvalue weighted by molar-refractivity contribution is 5.94. The highest BCUT2D eigenvalue weighted by Gasteiger charge is 2.22. The van der Waals surface area contributed by atoms with Gasteiger partial charge < -0.3 is 10.0 Å². The number of hydrogen-bond acceptors (Lipinski definition) is 2. The van der Waals surface area contributed by atoms with Crippen LogP contribution in [0.15, 0.2) is 18.2 Å². The number of aryl methyl sites for hydroxylation is 1. The Balaban J connectivity index is 2.38. The largest absolute Gasteiger partial charge is 0.388 e. The molecule has 1 aromatic carbocycles. The summed E-state index contributed by atoms with van der Waals surface area (Å²) in [5.41, 5.74) is 3.13. The fraction of sp³-hybridized carbons (Fsp3) is 0.533. The fourth-order valence-corrected chi connectivity index (χ4v) is 2.48. The molecule has 18 heavy (non-hydrogen) atoms. The number of amides is 1. The third-order valence-electron chi connectivity index (χ3n) is 3.60. The average Bonchev–Trinajstić information content (AvgIpc) is 2.44. The van der Waals surface area contributed by atoms with Crippen molar-refractivity contribution in [2.24, 2.45) is 0 Å². The van der Waals surface area contributed by atoms with Crippen molar-refractivity contribution in [1.29, 1.82) is 0 Å². The number of aliphatic hydroxyl groups excluding tert-OH is 1. The molecule has 0 radical (unpaired) electrons. The lowest BCUT2D eigenvalue weighted by molar-refractivity contribution is -0.118. The van der Waals surface area contributed by atoms with Gasteiger partial charge in [-0.05, 0) is 36.5 Å². The molecular formula is C15H21NO2. The van der Waals surface area contributed by atoms with E-state index in [2.05, 4.69) is 6.07 Å². The molecule has 0 saturated heterocycles. The van der Waals surface area contributed by atoms with Gasteiger partial charge in [0, 0.05) is 18.7 Å². The quantitative estimate of drug-likeness (QED) is 0.892. The zero-order valence-corrected chi connectivity index (χ0v) is 11.1. The van der Waals surface area contributed by atoms with E-state index in [1.165, 1.54) is 5.56 Å². The molecule has 1 aliphatic heterocycles. The van der Waals surface area contributed by atoms with E-state index in [9.17, 15) is 9.90 Å². The number of hydrogen-bond donors (Lipinski definition) is 1. The minimum absolute atomic E-state index is 0.166. The van der Waals surface area contributed by atoms with Gasteiger partial charge in [-0.25, -0.2) is 0 Å². The Kier molecular flexibility index (Phi) is 4.02. The monoisotopic (exact) mass is 247 g/mol. The molecule has 0 fully saturated rings. The van der Waals surface area contributed by atoms with E-state index in [-0.39, 0.29) is 5.91 Å². The van der Waals surface area contributed by atoms with Gasteiger partial charge >= 0.3 is 0 Å². The molecule has 1 aliphatic rings. The second-order valence-corrected chi connectivity index (χ2v) is 4.81. The van der Waals surface area contributed by atoms with Crippen molar-refractivity contribution < 1.29 is 9.90 Å². The van der Waals surface area contributed by atoms with Gasteiger partial charge in [0.1, 0.15) is 0 Å². The van der Waals surface area contributed by atoms with Gasteiger partial charge in [-0.2, -0.15) is 0 Å². The maximum atomic E-state index is 11.9. The topological polar surface area (TPSA) is 40.5 Å². The van der Waals surface area contributed by atoms with Crippen LogP contribution >= 0.6 is 0 Å². The van der Waals surface area contributed by atoms with Crippen LogP contribution in [0, 0.1) is 0 Å². The van der Waals surface area contributed by atoms with E-state index in [0.29, 0.717) is 12.8 Å². The first-order valence-corrected chi connectivity index (χ1v) is 6.78. The summed E-state index contributed by atoms with van der Waals surface area (Å²) >= 11 is 0. The van der Waals surface area contributed by atoms with E-state index in [1.54, 1.807) is 0 Å². The van der Waals surface area contributed by atoms with E-state index in [4.69, 9.17) is 0 Å². The molecule has 0 aromatic heterocycles. The van der Waals surface area contributed by atoms with Crippen molar-refractivity contribution in [1.82, 2.24) is 0 Å². The van der Waals surface area contributed by atoms with Crippen LogP contribution in [0.25, 0.3) is 0 Å². The first-order valence-electron chi connectivity index (χ1n) is 6.78. The number of carbonyl (C=O) groups excluding carboxylic acids is 1. The summed E-state index contributed by atoms with van der Waals surface area (Å²) in [6.07, 6.45) is 2.83. The van der Waals surface area contributed by atoms with Crippen LogP contribution in [0.4, 0.5) is 5.69 Å². The fourth-order valence-electron chi connectivity index (χ4n) is 2.48. The lowest BCUT2D eigenvalue weighted by Gasteiger charge is -2.30. The van der Waals surface area contributed by atoms with Gasteiger partial charge in [0.05, 0.1) is 6.10 Å². The normalized spacial score (nSPS) is 16.3. The second kappa shape index (κ2) is 5.53. The van der Waals surface area contributed by atoms with E-state index in [0.717, 1.165) is 30.6 Å². The SMILES string of the molecule is CCC(=O)N1CCCc2ccc(C(O)CC)cc21. The van der Waals surface area contributed by atoms with Crippen LogP contribution < -0.4 is 4.90 Å². The van der Waals surface area contributed by atoms with Crippen LogP contribution in [0.1, 0.15) is 50.3 Å². The summed E-state index contributed by atoms with van der Waals surface area (Å²) in [7, 11) is 0. The number of anilines is 1. The molecule has 1 atom stereocenters. The van der Waals surface area contributed by atoms with Gasteiger partial charge in [-0.1, -0.05) is 26.0 Å². The standard InChI is InChI=1S/C15H21NO2/c1-3-14(17)12-8-7-11-6-5-9-16(13(11)10-12)15(18)4-2/h7-8,10,14,17H,3-6,9H2,1-2H3. The van der Waals surface area contributed by atoms with Crippen molar-refractivity contribution in [2.45, 2.75) is 45.6 Å². The Morgan fingerprint density at radius 3 is 2.89 bits per heavy atom. The summed E-state index contributed by atoms with van der Waals surface area (Å²) in [4.78, 5) is 13.8. The third-order valence-corrected chi connectivity index (χ3v) is 3.60. The first kappa shape index (κ1) is 13.1. The maximum Gasteiger partial charge on any atom is 0.226 e. The highest BCUT2D eigenvalue weighted by atomic mass is 16.3. The molecule has 2 rings (SSSR count). The smallest absolute Gasteiger partial charge is 0.226 e. The Hall–Kier alpha value is -1.35. The molecular weight excluding hydrogens is 226 g/mol. The number of nitrogens with zero attached hydrogens (tertiary/aromatic N) is 1. The van der Waals surface area contributed by atoms with Crippen LogP contribution in [-0.4, -0.2) is 17.6 Å². The van der Waals surface area contributed by atoms with Crippen molar-refractivity contribution in [2.75, 3.05) is 11.4 Å². The van der Waals surface area contributed by atoms with Crippen LogP contribution in [-0.2, 0) is 11.2 Å². The Bertz CT molecular complexity index is 442. The van der Waals surface area contributed by atoms with Gasteiger partial charge in [0.2, 0.25) is 5.91 Å². The maximum absolute atomic E-state index is 11.9. The molecule has 0 saturated carbocycles. The molecule has 1 heterocycles. The molecule has 0 aliphatic carbocycles. The minimum atomic E-state index is -0.434. The molecule has 98 valence electrons. The number of benzene rings is 1. The lowest BCUT2D eigenvalue weighted by Crippen LogP contribution is -2.35. The van der Waals surface area contributed by atoms with Gasteiger partial charge in [-0.3, -0.25) is 4.79 Å². The molecule has 0 bridgehead atoms. The van der Waals surface area contributed by atoms with E-state index in [1.807, 2.05) is 30.9 Å². The first-order chi connectivity index (χ1) is 8.67. The zero-order chi connectivity index (χ0) is 13.1. The number of fused-ring (bicyclic) bond motifs is 1. The Morgan fingerprint density at radius 1 is 1.44 bits per heavy atom. The predicted octanol–water partition coefficient (Wildman–Crippen LogP) is 2.82. The molecule has 3 heteroatoms. The molecule has 3 nitrogen and oxygen atoms in total.